The molecule has 0 bridgehead atoms. The first-order chi connectivity index (χ1) is 30.7. The summed E-state index contributed by atoms with van der Waals surface area (Å²) in [6, 6.07) is 66.4. The first-order valence-electron chi connectivity index (χ1n) is 21.9. The van der Waals surface area contributed by atoms with Gasteiger partial charge in [0.25, 0.3) is 0 Å². The molecular formula is C60H43NO. The van der Waals surface area contributed by atoms with E-state index < -0.39 is 5.41 Å². The maximum absolute atomic E-state index is 6.83. The number of para-hydroxylation sites is 1. The van der Waals surface area contributed by atoms with Crippen LogP contribution >= 0.6 is 0 Å². The van der Waals surface area contributed by atoms with Crippen molar-refractivity contribution in [1.82, 2.24) is 4.98 Å². The number of allylic oxidation sites excluding steroid dienone is 8. The second kappa shape index (κ2) is 14.9. The van der Waals surface area contributed by atoms with Crippen LogP contribution in [0.15, 0.2) is 212 Å². The summed E-state index contributed by atoms with van der Waals surface area (Å²) in [5.74, 6) is 1.80. The zero-order valence-corrected chi connectivity index (χ0v) is 34.4. The second-order valence-corrected chi connectivity index (χ2v) is 16.7. The number of ether oxygens (including phenoxy) is 1. The topological polar surface area (TPSA) is 22.1 Å². The highest BCUT2D eigenvalue weighted by Gasteiger charge is 2.51. The van der Waals surface area contributed by atoms with Crippen molar-refractivity contribution in [1.29, 1.82) is 0 Å². The number of nitrogens with zero attached hydrogens (tertiary/aromatic N) is 1. The van der Waals surface area contributed by atoms with E-state index in [0.717, 1.165) is 54.1 Å². The summed E-state index contributed by atoms with van der Waals surface area (Å²) in [6.45, 7) is 0. The van der Waals surface area contributed by atoms with Gasteiger partial charge in [-0.2, -0.15) is 0 Å². The van der Waals surface area contributed by atoms with Crippen LogP contribution in [-0.4, -0.2) is 4.98 Å². The minimum absolute atomic E-state index is 0.535. The zero-order chi connectivity index (χ0) is 41.0. The van der Waals surface area contributed by atoms with Crippen molar-refractivity contribution in [2.24, 2.45) is 0 Å². The highest BCUT2D eigenvalue weighted by molar-refractivity contribution is 5.97. The number of benzene rings is 7. The van der Waals surface area contributed by atoms with Crippen LogP contribution in [0.25, 0.3) is 61.2 Å². The third kappa shape index (κ3) is 5.82. The van der Waals surface area contributed by atoms with Gasteiger partial charge in [-0.25, -0.2) is 4.98 Å². The Kier molecular flexibility index (Phi) is 8.71. The molecule has 0 saturated heterocycles. The number of aromatic nitrogens is 1. The molecule has 0 amide bonds. The van der Waals surface area contributed by atoms with E-state index in [1.807, 2.05) is 0 Å². The molecule has 1 spiro atoms. The number of rotatable bonds is 6. The van der Waals surface area contributed by atoms with Crippen LogP contribution in [-0.2, 0) is 5.41 Å². The fraction of sp³-hybridized carbons (Fsp3) is 0.0833. The van der Waals surface area contributed by atoms with Crippen LogP contribution in [0.4, 0.5) is 0 Å². The van der Waals surface area contributed by atoms with Crippen LogP contribution in [0.5, 0.6) is 11.5 Å². The Hall–Kier alpha value is -7.55. The van der Waals surface area contributed by atoms with E-state index in [-0.39, 0.29) is 0 Å². The molecule has 0 N–H and O–H groups in total. The Labute approximate surface area is 363 Å². The summed E-state index contributed by atoms with van der Waals surface area (Å²) in [6.07, 6.45) is 15.6. The van der Waals surface area contributed by atoms with Crippen LogP contribution in [0, 0.1) is 0 Å². The molecule has 62 heavy (non-hydrogen) atoms. The van der Waals surface area contributed by atoms with E-state index in [9.17, 15) is 0 Å². The largest absolute Gasteiger partial charge is 0.457 e. The molecule has 294 valence electrons. The first-order valence-corrected chi connectivity index (χ1v) is 21.9. The third-order valence-corrected chi connectivity index (χ3v) is 13.3. The molecule has 12 rings (SSSR count). The molecule has 1 aliphatic heterocycles. The minimum atomic E-state index is -0.535. The maximum Gasteiger partial charge on any atom is 0.132 e. The molecule has 2 nitrogen and oxygen atoms in total. The lowest BCUT2D eigenvalue weighted by molar-refractivity contribution is 0.436. The van der Waals surface area contributed by atoms with E-state index in [0.29, 0.717) is 0 Å². The van der Waals surface area contributed by atoms with Crippen LogP contribution in [0.1, 0.15) is 64.9 Å². The van der Waals surface area contributed by atoms with Gasteiger partial charge in [0.15, 0.2) is 0 Å². The van der Waals surface area contributed by atoms with Gasteiger partial charge in [-0.1, -0.05) is 176 Å². The predicted molar refractivity (Wildman–Crippen MR) is 256 cm³/mol. The van der Waals surface area contributed by atoms with Gasteiger partial charge in [-0.05, 0) is 140 Å². The number of fused-ring (bicyclic) bond motifs is 9. The summed E-state index contributed by atoms with van der Waals surface area (Å²) in [5, 5.41) is 0. The first kappa shape index (κ1) is 36.3. The molecular weight excluding hydrogens is 751 g/mol. The van der Waals surface area contributed by atoms with Gasteiger partial charge in [0.05, 0.1) is 16.8 Å². The summed E-state index contributed by atoms with van der Waals surface area (Å²) in [5.41, 5.74) is 21.1. The van der Waals surface area contributed by atoms with Crippen molar-refractivity contribution >= 4 is 16.7 Å². The Bertz CT molecular complexity index is 3150. The number of hydrogen-bond acceptors (Lipinski definition) is 2. The van der Waals surface area contributed by atoms with Crippen LogP contribution in [0.2, 0.25) is 0 Å². The van der Waals surface area contributed by atoms with Crippen molar-refractivity contribution in [2.75, 3.05) is 0 Å². The van der Waals surface area contributed by atoms with Crippen LogP contribution in [0.3, 0.4) is 0 Å². The molecule has 0 unspecified atom stereocenters. The predicted octanol–water partition coefficient (Wildman–Crippen LogP) is 15.5. The van der Waals surface area contributed by atoms with Crippen molar-refractivity contribution in [3.05, 3.63) is 252 Å². The SMILES string of the molecule is C1=CC(c2cc(-c3ccccc3)cc(C3=CCCC(c4cccc(-c5ccc6c(c5)C5(c7ccccc7O6)c6ccccc6-c6ccccc65)c4-c4ccccc4)=C3)n2)=CCC1. The number of pyridine rings is 1. The van der Waals surface area contributed by atoms with Gasteiger partial charge >= 0.3 is 0 Å². The van der Waals surface area contributed by atoms with Gasteiger partial charge in [0, 0.05) is 11.1 Å². The monoisotopic (exact) mass is 793 g/mol. The quantitative estimate of drug-likeness (QED) is 0.167. The molecule has 0 radical (unpaired) electrons. The average Bonchev–Trinajstić information content (AvgIpc) is 3.65. The van der Waals surface area contributed by atoms with E-state index in [1.54, 1.807) is 0 Å². The Balaban J connectivity index is 1.03. The van der Waals surface area contributed by atoms with E-state index >= 15 is 0 Å². The van der Waals surface area contributed by atoms with Crippen LogP contribution < -0.4 is 4.74 Å². The van der Waals surface area contributed by atoms with Crippen molar-refractivity contribution in [3.63, 3.8) is 0 Å². The van der Waals surface area contributed by atoms with Gasteiger partial charge in [0.2, 0.25) is 0 Å². The molecule has 2 heteroatoms. The lowest BCUT2D eigenvalue weighted by Crippen LogP contribution is -2.32. The molecule has 0 saturated carbocycles. The zero-order valence-electron chi connectivity index (χ0n) is 34.4. The van der Waals surface area contributed by atoms with Crippen molar-refractivity contribution in [2.45, 2.75) is 31.1 Å². The van der Waals surface area contributed by atoms with E-state index in [2.05, 4.69) is 212 Å². The van der Waals surface area contributed by atoms with Gasteiger partial charge < -0.3 is 4.74 Å². The molecule has 0 atom stereocenters. The Morgan fingerprint density at radius 1 is 0.419 bits per heavy atom. The highest BCUT2D eigenvalue weighted by atomic mass is 16.5. The molecule has 7 aromatic carbocycles. The van der Waals surface area contributed by atoms with E-state index in [1.165, 1.54) is 83.5 Å². The number of hydrogen-bond donors (Lipinski definition) is 0. The highest BCUT2D eigenvalue weighted by Crippen LogP contribution is 2.62. The third-order valence-electron chi connectivity index (χ3n) is 13.3. The molecule has 8 aromatic rings. The lowest BCUT2D eigenvalue weighted by atomic mass is 9.65. The maximum atomic E-state index is 6.83. The normalized spacial score (nSPS) is 15.3. The lowest BCUT2D eigenvalue weighted by Gasteiger charge is -2.39. The van der Waals surface area contributed by atoms with Crippen molar-refractivity contribution in [3.8, 4) is 56.0 Å². The summed E-state index contributed by atoms with van der Waals surface area (Å²) in [7, 11) is 0. The molecule has 0 fully saturated rings. The Morgan fingerprint density at radius 2 is 1.03 bits per heavy atom. The molecule has 2 heterocycles. The van der Waals surface area contributed by atoms with E-state index in [4.69, 9.17) is 9.72 Å². The van der Waals surface area contributed by atoms with Gasteiger partial charge in [-0.3, -0.25) is 0 Å². The minimum Gasteiger partial charge on any atom is -0.457 e. The summed E-state index contributed by atoms with van der Waals surface area (Å²) < 4.78 is 6.83. The second-order valence-electron chi connectivity index (χ2n) is 16.7. The fourth-order valence-electron chi connectivity index (χ4n) is 10.5. The summed E-state index contributed by atoms with van der Waals surface area (Å²) in [4.78, 5) is 5.36. The molecule has 3 aliphatic carbocycles. The molecule has 1 aromatic heterocycles. The Morgan fingerprint density at radius 3 is 1.77 bits per heavy atom. The molecule has 4 aliphatic rings. The van der Waals surface area contributed by atoms with Gasteiger partial charge in [0.1, 0.15) is 11.5 Å². The smallest absolute Gasteiger partial charge is 0.132 e. The standard InChI is InChI=1S/C60H43NO/c1-4-18-40(19-5-1)46-38-55(41-20-6-2-7-21-41)61-56(39-46)45-25-16-24-43(36-45)47-28-17-29-48(59(47)42-22-8-3-9-23-42)44-34-35-58-54(37-44)60(53-32-14-15-33-57(53)62-58)51-30-12-10-26-49(51)50-27-11-13-31-52(50)60/h1,3-6,8-15,17-23,25-39H,2,7,16,24H2. The van der Waals surface area contributed by atoms with Crippen molar-refractivity contribution < 1.29 is 4.74 Å². The summed E-state index contributed by atoms with van der Waals surface area (Å²) >= 11 is 0. The fourth-order valence-corrected chi connectivity index (χ4v) is 10.5. The average molecular weight is 794 g/mol. The van der Waals surface area contributed by atoms with Gasteiger partial charge in [-0.15, -0.1) is 0 Å².